The van der Waals surface area contributed by atoms with Crippen molar-refractivity contribution in [3.05, 3.63) is 30.3 Å². The summed E-state index contributed by atoms with van der Waals surface area (Å²) >= 11 is 0. The highest BCUT2D eigenvalue weighted by Crippen LogP contribution is 2.24. The van der Waals surface area contributed by atoms with Crippen LogP contribution in [0, 0.1) is 0 Å². The van der Waals surface area contributed by atoms with E-state index in [-0.39, 0.29) is 5.95 Å². The third-order valence-corrected chi connectivity index (χ3v) is 1.61. The van der Waals surface area contributed by atoms with Crippen molar-refractivity contribution in [2.24, 2.45) is 0 Å². The van der Waals surface area contributed by atoms with E-state index < -0.39 is 7.47 Å². The molecule has 0 atom stereocenters. The number of halogens is 2. The molecule has 2 rings (SSSR count). The van der Waals surface area contributed by atoms with E-state index in [0.29, 0.717) is 5.58 Å². The maximum atomic E-state index is 11.8. The van der Waals surface area contributed by atoms with Gasteiger partial charge in [-0.3, -0.25) is 0 Å². The van der Waals surface area contributed by atoms with Crippen LogP contribution in [-0.4, -0.2) is 7.47 Å². The topological polar surface area (TPSA) is 22.4 Å². The minimum atomic E-state index is -2.85. The Bertz CT molecular complexity index is 380. The molecule has 1 aromatic carbocycles. The second kappa shape index (κ2) is 3.09. The minimum absolute atomic E-state index is 0.156. The summed E-state index contributed by atoms with van der Waals surface area (Å²) in [6, 6.07) is 8.44. The van der Waals surface area contributed by atoms with Gasteiger partial charge in [0.15, 0.2) is 0 Å². The lowest BCUT2D eigenvalue weighted by atomic mass is 10.3. The smallest absolute Gasteiger partial charge is 0.478 e. The molecule has 1 aromatic heterocycles. The van der Waals surface area contributed by atoms with Gasteiger partial charge in [0.05, 0.1) is 0 Å². The first kappa shape index (κ1) is 8.10. The predicted molar refractivity (Wildman–Crippen MR) is 44.8 cm³/mol. The third kappa shape index (κ3) is 1.64. The largest absolute Gasteiger partial charge is 0.798 e. The van der Waals surface area contributed by atoms with Crippen LogP contribution in [0.4, 0.5) is 8.63 Å². The average molecular weight is 182 g/mol. The quantitative estimate of drug-likeness (QED) is 0.666. The normalized spacial score (nSPS) is 10.3. The average Bonchev–Trinajstić information content (AvgIpc) is 2.44. The summed E-state index contributed by atoms with van der Waals surface area (Å²) in [4.78, 5) is 0. The van der Waals surface area contributed by atoms with Crippen LogP contribution in [0.2, 0.25) is 0 Å². The monoisotopic (exact) mass is 182 g/mol. The summed E-state index contributed by atoms with van der Waals surface area (Å²) in [6.07, 6.45) is 0. The number of rotatable bonds is 2. The van der Waals surface area contributed by atoms with Gasteiger partial charge in [0.1, 0.15) is 5.58 Å². The Morgan fingerprint density at radius 1 is 1.23 bits per heavy atom. The molecule has 0 spiro atoms. The Kier molecular flexibility index (Phi) is 1.92. The summed E-state index contributed by atoms with van der Waals surface area (Å²) in [5.41, 5.74) is 0.540. The van der Waals surface area contributed by atoms with Crippen LogP contribution in [0.3, 0.4) is 0 Å². The van der Waals surface area contributed by atoms with Crippen LogP contribution in [0.15, 0.2) is 34.7 Å². The Labute approximate surface area is 73.3 Å². The lowest BCUT2D eigenvalue weighted by Gasteiger charge is -1.93. The molecule has 5 heteroatoms. The molecule has 0 aliphatic rings. The molecule has 0 fully saturated rings. The van der Waals surface area contributed by atoms with Crippen LogP contribution in [0.1, 0.15) is 0 Å². The standard InChI is InChI=1S/C8H5BF2O2/c10-9(11)13-8-5-6-3-1-2-4-7(6)12-8/h1-5H. The van der Waals surface area contributed by atoms with Gasteiger partial charge in [-0.2, -0.15) is 0 Å². The Morgan fingerprint density at radius 3 is 2.69 bits per heavy atom. The first-order valence-electron chi connectivity index (χ1n) is 3.69. The minimum Gasteiger partial charge on any atom is -0.478 e. The zero-order valence-corrected chi connectivity index (χ0v) is 6.54. The fourth-order valence-corrected chi connectivity index (χ4v) is 1.10. The number of hydrogen-bond donors (Lipinski definition) is 0. The highest BCUT2D eigenvalue weighted by atomic mass is 19.2. The van der Waals surface area contributed by atoms with Crippen LogP contribution < -0.4 is 4.65 Å². The van der Waals surface area contributed by atoms with Gasteiger partial charge in [0, 0.05) is 11.5 Å². The van der Waals surface area contributed by atoms with Crippen LogP contribution in [0.5, 0.6) is 5.95 Å². The van der Waals surface area contributed by atoms with E-state index in [2.05, 4.69) is 4.65 Å². The van der Waals surface area contributed by atoms with Gasteiger partial charge in [0.2, 0.25) is 0 Å². The van der Waals surface area contributed by atoms with Gasteiger partial charge in [-0.1, -0.05) is 18.2 Å². The number of benzene rings is 1. The number of furan rings is 1. The lowest BCUT2D eigenvalue weighted by molar-refractivity contribution is 0.347. The molecule has 0 aliphatic heterocycles. The van der Waals surface area contributed by atoms with E-state index >= 15 is 0 Å². The Balaban J connectivity index is 2.38. The first-order valence-corrected chi connectivity index (χ1v) is 3.69. The molecule has 0 amide bonds. The molecule has 0 saturated carbocycles. The lowest BCUT2D eigenvalue weighted by Crippen LogP contribution is -2.07. The van der Waals surface area contributed by atoms with E-state index in [1.165, 1.54) is 6.07 Å². The number of hydrogen-bond acceptors (Lipinski definition) is 2. The van der Waals surface area contributed by atoms with Gasteiger partial charge in [0.25, 0.3) is 5.95 Å². The van der Waals surface area contributed by atoms with Gasteiger partial charge >= 0.3 is 7.47 Å². The van der Waals surface area contributed by atoms with Crippen molar-refractivity contribution in [1.29, 1.82) is 0 Å². The molecule has 0 bridgehead atoms. The molecular formula is C8H5BF2O2. The molecule has 0 aliphatic carbocycles. The Morgan fingerprint density at radius 2 is 2.00 bits per heavy atom. The molecule has 0 saturated heterocycles. The van der Waals surface area contributed by atoms with Crippen molar-refractivity contribution in [3.63, 3.8) is 0 Å². The second-order valence-corrected chi connectivity index (χ2v) is 2.48. The molecule has 2 nitrogen and oxygen atoms in total. The highest BCUT2D eigenvalue weighted by molar-refractivity contribution is 6.35. The summed E-state index contributed by atoms with van der Waals surface area (Å²) in [5.74, 6) is -0.156. The fraction of sp³-hybridized carbons (Fsp3) is 0. The maximum absolute atomic E-state index is 11.8. The molecule has 1 heterocycles. The summed E-state index contributed by atoms with van der Waals surface area (Å²) < 4.78 is 32.6. The zero-order valence-electron chi connectivity index (χ0n) is 6.54. The molecule has 2 aromatic rings. The van der Waals surface area contributed by atoms with Crippen molar-refractivity contribution in [3.8, 4) is 5.95 Å². The van der Waals surface area contributed by atoms with E-state index in [1.54, 1.807) is 24.3 Å². The Hall–Kier alpha value is -1.52. The molecule has 0 radical (unpaired) electrons. The van der Waals surface area contributed by atoms with Crippen molar-refractivity contribution < 1.29 is 17.7 Å². The van der Waals surface area contributed by atoms with E-state index in [4.69, 9.17) is 4.42 Å². The number of fused-ring (bicyclic) bond motifs is 1. The fourth-order valence-electron chi connectivity index (χ4n) is 1.10. The van der Waals surface area contributed by atoms with Gasteiger partial charge in [-0.15, -0.1) is 0 Å². The van der Waals surface area contributed by atoms with Crippen molar-refractivity contribution in [2.45, 2.75) is 0 Å². The van der Waals surface area contributed by atoms with E-state index in [0.717, 1.165) is 5.39 Å². The second-order valence-electron chi connectivity index (χ2n) is 2.48. The van der Waals surface area contributed by atoms with Crippen LogP contribution in [-0.2, 0) is 0 Å². The van der Waals surface area contributed by atoms with Crippen molar-refractivity contribution in [2.75, 3.05) is 0 Å². The van der Waals surface area contributed by atoms with Crippen molar-refractivity contribution >= 4 is 18.4 Å². The van der Waals surface area contributed by atoms with Crippen LogP contribution in [0.25, 0.3) is 11.0 Å². The summed E-state index contributed by atoms with van der Waals surface area (Å²) in [5, 5.41) is 0.748. The first-order chi connectivity index (χ1) is 6.25. The summed E-state index contributed by atoms with van der Waals surface area (Å²) in [7, 11) is -2.85. The zero-order chi connectivity index (χ0) is 9.26. The molecule has 0 unspecified atom stereocenters. The molecule has 0 N–H and O–H groups in total. The van der Waals surface area contributed by atoms with Crippen LogP contribution >= 0.6 is 0 Å². The van der Waals surface area contributed by atoms with Crippen molar-refractivity contribution in [1.82, 2.24) is 0 Å². The van der Waals surface area contributed by atoms with Gasteiger partial charge < -0.3 is 9.07 Å². The summed E-state index contributed by atoms with van der Waals surface area (Å²) in [6.45, 7) is 0. The highest BCUT2D eigenvalue weighted by Gasteiger charge is 2.19. The number of para-hydroxylation sites is 1. The predicted octanol–water partition coefficient (Wildman–Crippen LogP) is 2.74. The molecule has 13 heavy (non-hydrogen) atoms. The van der Waals surface area contributed by atoms with E-state index in [9.17, 15) is 8.63 Å². The maximum Gasteiger partial charge on any atom is 0.798 e. The van der Waals surface area contributed by atoms with E-state index in [1.807, 2.05) is 0 Å². The molecular weight excluding hydrogens is 177 g/mol. The SMILES string of the molecule is FB(F)Oc1cc2ccccc2o1. The molecule has 66 valence electrons. The van der Waals surface area contributed by atoms with Gasteiger partial charge in [-0.25, -0.2) is 8.63 Å². The third-order valence-electron chi connectivity index (χ3n) is 1.61. The van der Waals surface area contributed by atoms with Gasteiger partial charge in [-0.05, 0) is 6.07 Å².